The van der Waals surface area contributed by atoms with Crippen molar-refractivity contribution in [3.05, 3.63) is 89.5 Å². The number of hydrogen-bond acceptors (Lipinski definition) is 7. The second kappa shape index (κ2) is 9.79. The third kappa shape index (κ3) is 4.94. The van der Waals surface area contributed by atoms with Crippen LogP contribution in [0, 0.1) is 18.3 Å². The minimum absolute atomic E-state index is 0.0191. The first-order chi connectivity index (χ1) is 17.9. The SMILES string of the molecule is Cc1cc(Oc2nc(Oc3cccc(C(=O)N(C)C)c3)nc3[nH]c(-c4ccccc4)nc23)ccc1C#N. The van der Waals surface area contributed by atoms with Crippen LogP contribution in [0.15, 0.2) is 72.8 Å². The van der Waals surface area contributed by atoms with Crippen LogP contribution in [0.25, 0.3) is 22.6 Å². The van der Waals surface area contributed by atoms with Gasteiger partial charge in [-0.3, -0.25) is 4.79 Å². The summed E-state index contributed by atoms with van der Waals surface area (Å²) in [5, 5.41) is 9.25. The maximum absolute atomic E-state index is 12.4. The summed E-state index contributed by atoms with van der Waals surface area (Å²) in [7, 11) is 3.37. The number of aryl methyl sites for hydroxylation is 1. The normalized spacial score (nSPS) is 10.6. The Labute approximate surface area is 213 Å². The number of nitriles is 1. The molecule has 0 aliphatic carbocycles. The van der Waals surface area contributed by atoms with Crippen molar-refractivity contribution in [2.75, 3.05) is 14.1 Å². The van der Waals surface area contributed by atoms with Gasteiger partial charge in [-0.05, 0) is 48.9 Å². The molecule has 0 aliphatic heterocycles. The summed E-state index contributed by atoms with van der Waals surface area (Å²) in [6.45, 7) is 1.83. The number of rotatable bonds is 6. The first kappa shape index (κ1) is 23.5. The maximum atomic E-state index is 12.4. The van der Waals surface area contributed by atoms with Crippen molar-refractivity contribution in [2.24, 2.45) is 0 Å². The number of imidazole rings is 1. The minimum atomic E-state index is -0.150. The molecule has 182 valence electrons. The topological polar surface area (TPSA) is 117 Å². The smallest absolute Gasteiger partial charge is 0.327 e. The molecule has 0 bridgehead atoms. The highest BCUT2D eigenvalue weighted by atomic mass is 16.5. The van der Waals surface area contributed by atoms with E-state index in [4.69, 9.17) is 9.47 Å². The van der Waals surface area contributed by atoms with Crippen LogP contribution < -0.4 is 9.47 Å². The molecule has 3 aromatic carbocycles. The number of carbonyl (C=O) groups is 1. The van der Waals surface area contributed by atoms with Gasteiger partial charge in [0.15, 0.2) is 11.2 Å². The molecule has 9 heteroatoms. The molecule has 0 fully saturated rings. The number of H-pyrrole nitrogens is 1. The van der Waals surface area contributed by atoms with Gasteiger partial charge in [-0.15, -0.1) is 0 Å². The van der Waals surface area contributed by atoms with Crippen LogP contribution in [-0.4, -0.2) is 44.8 Å². The predicted molar refractivity (Wildman–Crippen MR) is 138 cm³/mol. The molecule has 0 unspecified atom stereocenters. The third-order valence-electron chi connectivity index (χ3n) is 5.57. The van der Waals surface area contributed by atoms with E-state index in [9.17, 15) is 10.1 Å². The molecule has 0 saturated heterocycles. The van der Waals surface area contributed by atoms with Crippen LogP contribution in [0.3, 0.4) is 0 Å². The van der Waals surface area contributed by atoms with Gasteiger partial charge >= 0.3 is 6.01 Å². The summed E-state index contributed by atoms with van der Waals surface area (Å²) < 4.78 is 12.1. The molecule has 9 nitrogen and oxygen atoms in total. The van der Waals surface area contributed by atoms with Crippen LogP contribution in [-0.2, 0) is 0 Å². The van der Waals surface area contributed by atoms with E-state index in [2.05, 4.69) is 26.0 Å². The zero-order valence-corrected chi connectivity index (χ0v) is 20.4. The average Bonchev–Trinajstić information content (AvgIpc) is 3.34. The van der Waals surface area contributed by atoms with Gasteiger partial charge in [-0.1, -0.05) is 36.4 Å². The highest BCUT2D eigenvalue weighted by molar-refractivity contribution is 5.94. The highest BCUT2D eigenvalue weighted by Crippen LogP contribution is 2.32. The molecule has 5 aromatic rings. The fraction of sp³-hybridized carbons (Fsp3) is 0.107. The van der Waals surface area contributed by atoms with Gasteiger partial charge in [0.1, 0.15) is 17.3 Å². The van der Waals surface area contributed by atoms with Gasteiger partial charge in [0.25, 0.3) is 11.8 Å². The molecule has 0 aliphatic rings. The quantitative estimate of drug-likeness (QED) is 0.335. The number of ether oxygens (including phenoxy) is 2. The van der Waals surface area contributed by atoms with Crippen molar-refractivity contribution in [3.8, 4) is 40.8 Å². The van der Waals surface area contributed by atoms with Crippen molar-refractivity contribution >= 4 is 17.1 Å². The molecule has 2 heterocycles. The fourth-order valence-corrected chi connectivity index (χ4v) is 3.70. The van der Waals surface area contributed by atoms with Gasteiger partial charge in [-0.2, -0.15) is 15.2 Å². The van der Waals surface area contributed by atoms with Crippen molar-refractivity contribution in [1.82, 2.24) is 24.8 Å². The van der Waals surface area contributed by atoms with Crippen molar-refractivity contribution in [2.45, 2.75) is 6.92 Å². The molecule has 0 atom stereocenters. The van der Waals surface area contributed by atoms with Gasteiger partial charge in [0.2, 0.25) is 0 Å². The number of benzene rings is 3. The number of carbonyl (C=O) groups excluding carboxylic acids is 1. The summed E-state index contributed by atoms with van der Waals surface area (Å²) >= 11 is 0. The Hall–Kier alpha value is -5.23. The number of nitrogens with one attached hydrogen (secondary N) is 1. The minimum Gasteiger partial charge on any atom is -0.437 e. The number of aromatic amines is 1. The van der Waals surface area contributed by atoms with E-state index in [1.165, 1.54) is 4.90 Å². The second-order valence-corrected chi connectivity index (χ2v) is 8.48. The predicted octanol–water partition coefficient (Wildman–Crippen LogP) is 5.49. The van der Waals surface area contributed by atoms with E-state index < -0.39 is 0 Å². The van der Waals surface area contributed by atoms with E-state index >= 15 is 0 Å². The van der Waals surface area contributed by atoms with Crippen LogP contribution in [0.4, 0.5) is 0 Å². The lowest BCUT2D eigenvalue weighted by Crippen LogP contribution is -2.21. The van der Waals surface area contributed by atoms with Crippen LogP contribution in [0.2, 0.25) is 0 Å². The van der Waals surface area contributed by atoms with Crippen LogP contribution >= 0.6 is 0 Å². The Bertz CT molecular complexity index is 1650. The standard InChI is InChI=1S/C28H22N6O3/c1-17-14-22(13-12-20(17)16-29)36-26-23-25(31-24(30-23)18-8-5-4-6-9-18)32-28(33-26)37-21-11-7-10-19(15-21)27(35)34(2)3/h4-15H,1-3H3,(H,30,31,32,33). The number of amides is 1. The Morgan fingerprint density at radius 1 is 0.919 bits per heavy atom. The van der Waals surface area contributed by atoms with Crippen molar-refractivity contribution < 1.29 is 14.3 Å². The summed E-state index contributed by atoms with van der Waals surface area (Å²) in [6.07, 6.45) is 0. The first-order valence-corrected chi connectivity index (χ1v) is 11.4. The Morgan fingerprint density at radius 2 is 1.70 bits per heavy atom. The summed E-state index contributed by atoms with van der Waals surface area (Å²) in [4.78, 5) is 30.7. The first-order valence-electron chi connectivity index (χ1n) is 11.4. The summed E-state index contributed by atoms with van der Waals surface area (Å²) in [5.41, 5.74) is 3.52. The van der Waals surface area contributed by atoms with E-state index in [-0.39, 0.29) is 17.8 Å². The van der Waals surface area contributed by atoms with Crippen LogP contribution in [0.5, 0.6) is 23.4 Å². The molecule has 37 heavy (non-hydrogen) atoms. The van der Waals surface area contributed by atoms with Gasteiger partial charge in [0, 0.05) is 25.2 Å². The number of nitrogens with zero attached hydrogens (tertiary/aromatic N) is 5. The number of aromatic nitrogens is 4. The lowest BCUT2D eigenvalue weighted by atomic mass is 10.1. The van der Waals surface area contributed by atoms with Crippen LogP contribution in [0.1, 0.15) is 21.5 Å². The molecule has 1 N–H and O–H groups in total. The molecule has 0 spiro atoms. The molecular weight excluding hydrogens is 468 g/mol. The molecule has 1 amide bonds. The number of hydrogen-bond donors (Lipinski definition) is 1. The highest BCUT2D eigenvalue weighted by Gasteiger charge is 2.18. The van der Waals surface area contributed by atoms with E-state index in [0.29, 0.717) is 39.6 Å². The number of fused-ring (bicyclic) bond motifs is 1. The molecular formula is C28H22N6O3. The van der Waals surface area contributed by atoms with Crippen molar-refractivity contribution in [3.63, 3.8) is 0 Å². The monoisotopic (exact) mass is 490 g/mol. The Kier molecular flexibility index (Phi) is 6.22. The van der Waals surface area contributed by atoms with Crippen molar-refractivity contribution in [1.29, 1.82) is 5.26 Å². The zero-order chi connectivity index (χ0) is 25.9. The molecule has 0 radical (unpaired) electrons. The van der Waals surface area contributed by atoms with Gasteiger partial charge in [-0.25, -0.2) is 4.98 Å². The maximum Gasteiger partial charge on any atom is 0.327 e. The lowest BCUT2D eigenvalue weighted by molar-refractivity contribution is 0.0827. The van der Waals surface area contributed by atoms with E-state index in [1.807, 2.05) is 37.3 Å². The molecule has 0 saturated carbocycles. The Morgan fingerprint density at radius 3 is 2.43 bits per heavy atom. The largest absolute Gasteiger partial charge is 0.437 e. The fourth-order valence-electron chi connectivity index (χ4n) is 3.70. The summed E-state index contributed by atoms with van der Waals surface area (Å²) in [5.74, 6) is 1.52. The van der Waals surface area contributed by atoms with Gasteiger partial charge in [0.05, 0.1) is 11.6 Å². The van der Waals surface area contributed by atoms with E-state index in [0.717, 1.165) is 11.1 Å². The van der Waals surface area contributed by atoms with E-state index in [1.54, 1.807) is 56.6 Å². The Balaban J connectivity index is 1.57. The lowest BCUT2D eigenvalue weighted by Gasteiger charge is -2.12. The third-order valence-corrected chi connectivity index (χ3v) is 5.57. The summed E-state index contributed by atoms with van der Waals surface area (Å²) in [6, 6.07) is 23.7. The molecule has 5 rings (SSSR count). The molecule has 2 aromatic heterocycles. The zero-order valence-electron chi connectivity index (χ0n) is 20.4. The average molecular weight is 491 g/mol. The van der Waals surface area contributed by atoms with Gasteiger partial charge < -0.3 is 19.4 Å². The second-order valence-electron chi connectivity index (χ2n) is 8.48.